The lowest BCUT2D eigenvalue weighted by atomic mass is 10.3. The molecular formula is C11H14FNO2. The van der Waals surface area contributed by atoms with Crippen molar-refractivity contribution in [3.05, 3.63) is 24.0 Å². The van der Waals surface area contributed by atoms with Gasteiger partial charge in [-0.1, -0.05) is 0 Å². The van der Waals surface area contributed by atoms with E-state index in [1.54, 1.807) is 12.1 Å². The van der Waals surface area contributed by atoms with Crippen LogP contribution in [0.2, 0.25) is 0 Å². The highest BCUT2D eigenvalue weighted by atomic mass is 19.1. The summed E-state index contributed by atoms with van der Waals surface area (Å²) in [6, 6.07) is 4.63. The lowest BCUT2D eigenvalue weighted by molar-refractivity contribution is 0.212. The molecule has 1 fully saturated rings. The molecule has 1 aromatic rings. The predicted octanol–water partition coefficient (Wildman–Crippen LogP) is 1.57. The van der Waals surface area contributed by atoms with Crippen molar-refractivity contribution in [1.29, 1.82) is 0 Å². The molecule has 0 bridgehead atoms. The van der Waals surface area contributed by atoms with Crippen molar-refractivity contribution in [2.75, 3.05) is 20.2 Å². The van der Waals surface area contributed by atoms with Crippen LogP contribution in [0.1, 0.15) is 6.42 Å². The normalized spacial score (nSPS) is 20.3. The largest absolute Gasteiger partial charge is 0.497 e. The summed E-state index contributed by atoms with van der Waals surface area (Å²) in [5.41, 5.74) is 0. The molecule has 1 unspecified atom stereocenters. The monoisotopic (exact) mass is 211 g/mol. The zero-order valence-electron chi connectivity index (χ0n) is 8.63. The van der Waals surface area contributed by atoms with Gasteiger partial charge in [-0.2, -0.15) is 0 Å². The standard InChI is InChI=1S/C11H14FNO2/c1-14-8-2-3-11(10(12)6-8)15-9-4-5-13-7-9/h2-3,6,9,13H,4-5,7H2,1H3. The Hall–Kier alpha value is -1.29. The van der Waals surface area contributed by atoms with Gasteiger partial charge in [-0.15, -0.1) is 0 Å². The smallest absolute Gasteiger partial charge is 0.168 e. The highest BCUT2D eigenvalue weighted by Gasteiger charge is 2.17. The number of ether oxygens (including phenoxy) is 2. The van der Waals surface area contributed by atoms with E-state index in [9.17, 15) is 4.39 Å². The molecule has 3 nitrogen and oxygen atoms in total. The molecule has 1 N–H and O–H groups in total. The zero-order valence-corrected chi connectivity index (χ0v) is 8.63. The maximum absolute atomic E-state index is 13.5. The number of rotatable bonds is 3. The van der Waals surface area contributed by atoms with Crippen LogP contribution in [0.3, 0.4) is 0 Å². The average Bonchev–Trinajstić information content (AvgIpc) is 2.74. The van der Waals surface area contributed by atoms with Crippen molar-refractivity contribution < 1.29 is 13.9 Å². The Morgan fingerprint density at radius 3 is 2.93 bits per heavy atom. The summed E-state index contributed by atoms with van der Waals surface area (Å²) >= 11 is 0. The quantitative estimate of drug-likeness (QED) is 0.823. The van der Waals surface area contributed by atoms with Gasteiger partial charge in [-0.3, -0.25) is 0 Å². The van der Waals surface area contributed by atoms with Gasteiger partial charge in [0, 0.05) is 12.6 Å². The molecule has 1 aromatic carbocycles. The Morgan fingerprint density at radius 1 is 1.47 bits per heavy atom. The first-order chi connectivity index (χ1) is 7.29. The molecule has 0 radical (unpaired) electrons. The summed E-state index contributed by atoms with van der Waals surface area (Å²) in [6.07, 6.45) is 0.999. The third kappa shape index (κ3) is 2.39. The molecule has 1 heterocycles. The van der Waals surface area contributed by atoms with Gasteiger partial charge in [-0.25, -0.2) is 4.39 Å². The number of methoxy groups -OCH3 is 1. The maximum Gasteiger partial charge on any atom is 0.168 e. The van der Waals surface area contributed by atoms with E-state index < -0.39 is 0 Å². The fraction of sp³-hybridized carbons (Fsp3) is 0.455. The summed E-state index contributed by atoms with van der Waals surface area (Å²) in [4.78, 5) is 0. The van der Waals surface area contributed by atoms with Crippen LogP contribution in [0.25, 0.3) is 0 Å². The van der Waals surface area contributed by atoms with Gasteiger partial charge in [0.25, 0.3) is 0 Å². The Balaban J connectivity index is 2.07. The number of hydrogen-bond acceptors (Lipinski definition) is 3. The molecule has 0 amide bonds. The molecule has 0 saturated carbocycles. The van der Waals surface area contributed by atoms with Crippen LogP contribution in [0, 0.1) is 5.82 Å². The molecular weight excluding hydrogens is 197 g/mol. The first-order valence-corrected chi connectivity index (χ1v) is 5.00. The average molecular weight is 211 g/mol. The summed E-state index contributed by atoms with van der Waals surface area (Å²) < 4.78 is 23.9. The van der Waals surface area contributed by atoms with E-state index in [2.05, 4.69) is 5.32 Å². The fourth-order valence-electron chi connectivity index (χ4n) is 1.61. The number of nitrogens with one attached hydrogen (secondary N) is 1. The molecule has 1 saturated heterocycles. The van der Waals surface area contributed by atoms with Crippen molar-refractivity contribution in [1.82, 2.24) is 5.32 Å². The van der Waals surface area contributed by atoms with Crippen molar-refractivity contribution in [3.8, 4) is 11.5 Å². The van der Waals surface area contributed by atoms with E-state index in [-0.39, 0.29) is 11.9 Å². The minimum absolute atomic E-state index is 0.0768. The van der Waals surface area contributed by atoms with E-state index in [1.807, 2.05) is 0 Å². The van der Waals surface area contributed by atoms with Crippen LogP contribution in [0.15, 0.2) is 18.2 Å². The van der Waals surface area contributed by atoms with Gasteiger partial charge in [0.1, 0.15) is 11.9 Å². The summed E-state index contributed by atoms with van der Waals surface area (Å²) in [5, 5.41) is 3.16. The molecule has 1 aliphatic rings. The molecule has 2 rings (SSSR count). The van der Waals surface area contributed by atoms with E-state index >= 15 is 0 Å². The van der Waals surface area contributed by atoms with Crippen molar-refractivity contribution >= 4 is 0 Å². The molecule has 1 aliphatic heterocycles. The molecule has 0 aromatic heterocycles. The van der Waals surface area contributed by atoms with Gasteiger partial charge in [0.15, 0.2) is 11.6 Å². The number of halogens is 1. The highest BCUT2D eigenvalue weighted by molar-refractivity contribution is 5.33. The lowest BCUT2D eigenvalue weighted by Crippen LogP contribution is -2.20. The Labute approximate surface area is 88.2 Å². The van der Waals surface area contributed by atoms with Crippen LogP contribution in [0.4, 0.5) is 4.39 Å². The summed E-state index contributed by atoms with van der Waals surface area (Å²) in [7, 11) is 1.51. The second-order valence-corrected chi connectivity index (χ2v) is 3.53. The molecule has 1 atom stereocenters. The van der Waals surface area contributed by atoms with E-state index in [4.69, 9.17) is 9.47 Å². The second-order valence-electron chi connectivity index (χ2n) is 3.53. The second kappa shape index (κ2) is 4.49. The number of hydrogen-bond donors (Lipinski definition) is 1. The van der Waals surface area contributed by atoms with Crippen LogP contribution >= 0.6 is 0 Å². The SMILES string of the molecule is COc1ccc(OC2CCNC2)c(F)c1. The fourth-order valence-corrected chi connectivity index (χ4v) is 1.61. The highest BCUT2D eigenvalue weighted by Crippen LogP contribution is 2.24. The van der Waals surface area contributed by atoms with Crippen LogP contribution in [-0.4, -0.2) is 26.3 Å². The molecule has 0 aliphatic carbocycles. The molecule has 0 spiro atoms. The van der Waals surface area contributed by atoms with Crippen molar-refractivity contribution in [2.45, 2.75) is 12.5 Å². The first kappa shape index (κ1) is 10.2. The predicted molar refractivity (Wildman–Crippen MR) is 54.9 cm³/mol. The van der Waals surface area contributed by atoms with E-state index in [0.29, 0.717) is 11.5 Å². The third-order valence-electron chi connectivity index (χ3n) is 2.45. The Morgan fingerprint density at radius 2 is 2.33 bits per heavy atom. The minimum atomic E-state index is -0.374. The molecule has 4 heteroatoms. The number of benzene rings is 1. The first-order valence-electron chi connectivity index (χ1n) is 5.00. The van der Waals surface area contributed by atoms with Gasteiger partial charge in [-0.05, 0) is 25.1 Å². The molecule has 82 valence electrons. The maximum atomic E-state index is 13.5. The lowest BCUT2D eigenvalue weighted by Gasteiger charge is -2.13. The van der Waals surface area contributed by atoms with Gasteiger partial charge in [0.05, 0.1) is 7.11 Å². The molecule has 15 heavy (non-hydrogen) atoms. The van der Waals surface area contributed by atoms with Crippen LogP contribution in [-0.2, 0) is 0 Å². The van der Waals surface area contributed by atoms with Crippen LogP contribution < -0.4 is 14.8 Å². The third-order valence-corrected chi connectivity index (χ3v) is 2.45. The van der Waals surface area contributed by atoms with E-state index in [1.165, 1.54) is 13.2 Å². The van der Waals surface area contributed by atoms with Crippen LogP contribution in [0.5, 0.6) is 11.5 Å². The van der Waals surface area contributed by atoms with Gasteiger partial charge in [0.2, 0.25) is 0 Å². The minimum Gasteiger partial charge on any atom is -0.497 e. The topological polar surface area (TPSA) is 30.5 Å². The van der Waals surface area contributed by atoms with E-state index in [0.717, 1.165) is 19.5 Å². The van der Waals surface area contributed by atoms with Crippen molar-refractivity contribution in [3.63, 3.8) is 0 Å². The van der Waals surface area contributed by atoms with Crippen molar-refractivity contribution in [2.24, 2.45) is 0 Å². The van der Waals surface area contributed by atoms with Gasteiger partial charge < -0.3 is 14.8 Å². The summed E-state index contributed by atoms with van der Waals surface area (Å²) in [6.45, 7) is 1.72. The summed E-state index contributed by atoms with van der Waals surface area (Å²) in [5.74, 6) is 0.426. The van der Waals surface area contributed by atoms with Gasteiger partial charge >= 0.3 is 0 Å². The Kier molecular flexibility index (Phi) is 3.06. The Bertz CT molecular complexity index is 337. The zero-order chi connectivity index (χ0) is 10.7.